The standard InChI is InChI=1S/C13H22N2O/c1-4-11-14-8-9-15(11)10-6-5-7-13(2,3)12(10)16/h8-10,12,16H,4-7H2,1-3H3. The Morgan fingerprint density at radius 2 is 2.31 bits per heavy atom. The number of aliphatic hydroxyl groups excluding tert-OH is 1. The quantitative estimate of drug-likeness (QED) is 0.835. The minimum absolute atomic E-state index is 0.0260. The molecule has 0 spiro atoms. The third-order valence-electron chi connectivity index (χ3n) is 3.91. The molecule has 1 fully saturated rings. The van der Waals surface area contributed by atoms with Crippen LogP contribution in [0.5, 0.6) is 0 Å². The normalized spacial score (nSPS) is 29.2. The number of aliphatic hydroxyl groups is 1. The first-order valence-electron chi connectivity index (χ1n) is 6.26. The monoisotopic (exact) mass is 222 g/mol. The van der Waals surface area contributed by atoms with E-state index in [4.69, 9.17) is 0 Å². The lowest BCUT2D eigenvalue weighted by atomic mass is 9.72. The molecule has 0 aliphatic heterocycles. The summed E-state index contributed by atoms with van der Waals surface area (Å²) < 4.78 is 2.17. The van der Waals surface area contributed by atoms with Crippen LogP contribution in [0.3, 0.4) is 0 Å². The van der Waals surface area contributed by atoms with E-state index >= 15 is 0 Å². The Morgan fingerprint density at radius 3 is 3.00 bits per heavy atom. The van der Waals surface area contributed by atoms with Crippen molar-refractivity contribution >= 4 is 0 Å². The van der Waals surface area contributed by atoms with Gasteiger partial charge in [0, 0.05) is 18.8 Å². The minimum atomic E-state index is -0.263. The van der Waals surface area contributed by atoms with Crippen LogP contribution in [0.2, 0.25) is 0 Å². The smallest absolute Gasteiger partial charge is 0.108 e. The van der Waals surface area contributed by atoms with E-state index in [9.17, 15) is 5.11 Å². The van der Waals surface area contributed by atoms with E-state index in [2.05, 4.69) is 30.3 Å². The van der Waals surface area contributed by atoms with Gasteiger partial charge in [0.25, 0.3) is 0 Å². The molecule has 2 rings (SSSR count). The molecular weight excluding hydrogens is 200 g/mol. The highest BCUT2D eigenvalue weighted by atomic mass is 16.3. The molecule has 0 aromatic carbocycles. The molecule has 2 unspecified atom stereocenters. The Bertz CT molecular complexity index is 357. The van der Waals surface area contributed by atoms with Gasteiger partial charge in [-0.1, -0.05) is 27.2 Å². The van der Waals surface area contributed by atoms with Crippen molar-refractivity contribution in [2.24, 2.45) is 5.41 Å². The molecule has 1 aliphatic carbocycles. The molecule has 3 nitrogen and oxygen atoms in total. The summed E-state index contributed by atoms with van der Waals surface area (Å²) in [6.45, 7) is 6.43. The lowest BCUT2D eigenvalue weighted by molar-refractivity contribution is -0.0270. The molecule has 0 saturated heterocycles. The van der Waals surface area contributed by atoms with Gasteiger partial charge in [0.05, 0.1) is 12.1 Å². The van der Waals surface area contributed by atoms with Gasteiger partial charge in [-0.15, -0.1) is 0 Å². The lowest BCUT2D eigenvalue weighted by Crippen LogP contribution is -2.41. The summed E-state index contributed by atoms with van der Waals surface area (Å²) in [4.78, 5) is 4.34. The SMILES string of the molecule is CCc1nccn1C1CCCC(C)(C)C1O. The zero-order chi connectivity index (χ0) is 11.8. The van der Waals surface area contributed by atoms with Crippen LogP contribution in [-0.2, 0) is 6.42 Å². The summed E-state index contributed by atoms with van der Waals surface area (Å²) in [7, 11) is 0. The fourth-order valence-electron chi connectivity index (χ4n) is 2.80. The van der Waals surface area contributed by atoms with Crippen LogP contribution < -0.4 is 0 Å². The summed E-state index contributed by atoms with van der Waals surface area (Å²) >= 11 is 0. The van der Waals surface area contributed by atoms with Crippen molar-refractivity contribution in [3.63, 3.8) is 0 Å². The first-order chi connectivity index (χ1) is 7.56. The predicted molar refractivity (Wildman–Crippen MR) is 64.3 cm³/mol. The minimum Gasteiger partial charge on any atom is -0.390 e. The third-order valence-corrected chi connectivity index (χ3v) is 3.91. The Morgan fingerprint density at radius 1 is 1.56 bits per heavy atom. The molecule has 1 N–H and O–H groups in total. The van der Waals surface area contributed by atoms with Crippen molar-refractivity contribution in [3.8, 4) is 0 Å². The van der Waals surface area contributed by atoms with Gasteiger partial charge in [0.2, 0.25) is 0 Å². The summed E-state index contributed by atoms with van der Waals surface area (Å²) in [5.74, 6) is 1.08. The Balaban J connectivity index is 2.27. The highest BCUT2D eigenvalue weighted by Gasteiger charge is 2.38. The third kappa shape index (κ3) is 1.88. The summed E-state index contributed by atoms with van der Waals surface area (Å²) in [6.07, 6.45) is 7.88. The number of nitrogens with zero attached hydrogens (tertiary/aromatic N) is 2. The molecule has 3 heteroatoms. The zero-order valence-corrected chi connectivity index (χ0v) is 10.5. The van der Waals surface area contributed by atoms with Crippen molar-refractivity contribution in [3.05, 3.63) is 18.2 Å². The van der Waals surface area contributed by atoms with E-state index in [1.165, 1.54) is 6.42 Å². The molecule has 0 radical (unpaired) electrons. The van der Waals surface area contributed by atoms with Crippen LogP contribution in [0.15, 0.2) is 12.4 Å². The highest BCUT2D eigenvalue weighted by Crippen LogP contribution is 2.41. The number of imidazole rings is 1. The van der Waals surface area contributed by atoms with E-state index in [-0.39, 0.29) is 17.6 Å². The van der Waals surface area contributed by atoms with Crippen molar-refractivity contribution in [1.82, 2.24) is 9.55 Å². The molecule has 1 aliphatic rings. The van der Waals surface area contributed by atoms with Crippen LogP contribution in [0.4, 0.5) is 0 Å². The van der Waals surface area contributed by atoms with E-state index in [1.54, 1.807) is 0 Å². The first-order valence-corrected chi connectivity index (χ1v) is 6.26. The van der Waals surface area contributed by atoms with Crippen LogP contribution in [0.1, 0.15) is 51.9 Å². The average Bonchev–Trinajstić information content (AvgIpc) is 2.70. The van der Waals surface area contributed by atoms with Crippen molar-refractivity contribution < 1.29 is 5.11 Å². The van der Waals surface area contributed by atoms with E-state index < -0.39 is 0 Å². The maximum atomic E-state index is 10.4. The summed E-state index contributed by atoms with van der Waals surface area (Å²) in [5.41, 5.74) is 0.0260. The maximum Gasteiger partial charge on any atom is 0.108 e. The van der Waals surface area contributed by atoms with E-state index in [0.717, 1.165) is 25.1 Å². The van der Waals surface area contributed by atoms with E-state index in [0.29, 0.717) is 0 Å². The Labute approximate surface area is 97.5 Å². The molecule has 0 bridgehead atoms. The topological polar surface area (TPSA) is 38.0 Å². The van der Waals surface area contributed by atoms with E-state index in [1.807, 2.05) is 12.4 Å². The molecule has 0 amide bonds. The number of rotatable bonds is 2. The molecular formula is C13H22N2O. The fraction of sp³-hybridized carbons (Fsp3) is 0.769. The van der Waals surface area contributed by atoms with Gasteiger partial charge in [-0.05, 0) is 18.3 Å². The zero-order valence-electron chi connectivity index (χ0n) is 10.5. The lowest BCUT2D eigenvalue weighted by Gasteiger charge is -2.41. The Hall–Kier alpha value is -0.830. The maximum absolute atomic E-state index is 10.4. The van der Waals surface area contributed by atoms with Crippen molar-refractivity contribution in [2.75, 3.05) is 0 Å². The van der Waals surface area contributed by atoms with Crippen LogP contribution in [0.25, 0.3) is 0 Å². The predicted octanol–water partition coefficient (Wildman–Crippen LogP) is 2.56. The largest absolute Gasteiger partial charge is 0.390 e. The molecule has 1 aromatic heterocycles. The second-order valence-corrected chi connectivity index (χ2v) is 5.50. The molecule has 16 heavy (non-hydrogen) atoms. The number of aromatic nitrogens is 2. The van der Waals surface area contributed by atoms with Gasteiger partial charge in [0.15, 0.2) is 0 Å². The molecule has 90 valence electrons. The first kappa shape index (κ1) is 11.6. The van der Waals surface area contributed by atoms with Gasteiger partial charge < -0.3 is 9.67 Å². The number of hydrogen-bond donors (Lipinski definition) is 1. The molecule has 1 heterocycles. The summed E-state index contributed by atoms with van der Waals surface area (Å²) in [6, 6.07) is 0.209. The second-order valence-electron chi connectivity index (χ2n) is 5.50. The van der Waals surface area contributed by atoms with Crippen molar-refractivity contribution in [2.45, 2.75) is 58.6 Å². The number of hydrogen-bond acceptors (Lipinski definition) is 2. The van der Waals surface area contributed by atoms with Gasteiger partial charge in [-0.3, -0.25) is 0 Å². The van der Waals surface area contributed by atoms with Crippen LogP contribution >= 0.6 is 0 Å². The van der Waals surface area contributed by atoms with Gasteiger partial charge in [-0.2, -0.15) is 0 Å². The fourth-order valence-corrected chi connectivity index (χ4v) is 2.80. The molecule has 1 aromatic rings. The average molecular weight is 222 g/mol. The van der Waals surface area contributed by atoms with Crippen LogP contribution in [-0.4, -0.2) is 20.8 Å². The highest BCUT2D eigenvalue weighted by molar-refractivity contribution is 5.00. The second kappa shape index (κ2) is 4.21. The van der Waals surface area contributed by atoms with Crippen LogP contribution in [0, 0.1) is 5.41 Å². The van der Waals surface area contributed by atoms with Crippen molar-refractivity contribution in [1.29, 1.82) is 0 Å². The number of aryl methyl sites for hydroxylation is 1. The van der Waals surface area contributed by atoms with Gasteiger partial charge in [0.1, 0.15) is 5.82 Å². The Kier molecular flexibility index (Phi) is 3.06. The summed E-state index contributed by atoms with van der Waals surface area (Å²) in [5, 5.41) is 10.4. The molecule has 1 saturated carbocycles. The molecule has 2 atom stereocenters. The van der Waals surface area contributed by atoms with Gasteiger partial charge >= 0.3 is 0 Å². The van der Waals surface area contributed by atoms with Gasteiger partial charge in [-0.25, -0.2) is 4.98 Å².